The number of benzene rings is 1. The van der Waals surface area contributed by atoms with E-state index in [0.29, 0.717) is 5.56 Å². The molecule has 19 heavy (non-hydrogen) atoms. The maximum atomic E-state index is 11.1. The van der Waals surface area contributed by atoms with Gasteiger partial charge in [-0.3, -0.25) is 9.78 Å². The van der Waals surface area contributed by atoms with E-state index in [4.69, 9.17) is 0 Å². The fraction of sp³-hybridized carbons (Fsp3) is 0.286. The number of rotatable bonds is 4. The summed E-state index contributed by atoms with van der Waals surface area (Å²) in [6, 6.07) is 8.85. The summed E-state index contributed by atoms with van der Waals surface area (Å²) >= 11 is 0. The molecule has 100 valence electrons. The first kappa shape index (κ1) is 13.5. The van der Waals surface area contributed by atoms with Gasteiger partial charge >= 0.3 is 5.97 Å². The molecule has 0 spiro atoms. The van der Waals surface area contributed by atoms with E-state index in [1.807, 2.05) is 6.07 Å². The van der Waals surface area contributed by atoms with Crippen molar-refractivity contribution < 1.29 is 19.7 Å². The van der Waals surface area contributed by atoms with Crippen molar-refractivity contribution in [3.8, 4) is 0 Å². The molecule has 0 bridgehead atoms. The Balaban J connectivity index is 2.21. The molecule has 2 aromatic rings. The van der Waals surface area contributed by atoms with Crippen LogP contribution in [0.5, 0.6) is 0 Å². The standard InChI is InChI=1S/C14H15NO4/c1-19-13(17)8-12(16)14(18)10-4-5-11-9(7-10)3-2-6-15-11/h2-7,12,14,16,18H,8H2,1H3. The lowest BCUT2D eigenvalue weighted by molar-refractivity contribution is -0.144. The molecule has 0 aliphatic rings. The van der Waals surface area contributed by atoms with Gasteiger partial charge in [-0.1, -0.05) is 12.1 Å². The second-order valence-corrected chi connectivity index (χ2v) is 4.25. The van der Waals surface area contributed by atoms with E-state index in [2.05, 4.69) is 9.72 Å². The van der Waals surface area contributed by atoms with Crippen molar-refractivity contribution in [2.75, 3.05) is 7.11 Å². The van der Waals surface area contributed by atoms with Crippen molar-refractivity contribution >= 4 is 16.9 Å². The summed E-state index contributed by atoms with van der Waals surface area (Å²) in [4.78, 5) is 15.2. The largest absolute Gasteiger partial charge is 0.469 e. The zero-order chi connectivity index (χ0) is 13.8. The van der Waals surface area contributed by atoms with Crippen LogP contribution in [0.1, 0.15) is 18.1 Å². The van der Waals surface area contributed by atoms with E-state index >= 15 is 0 Å². The maximum Gasteiger partial charge on any atom is 0.308 e. The molecule has 0 saturated carbocycles. The highest BCUT2D eigenvalue weighted by Crippen LogP contribution is 2.22. The highest BCUT2D eigenvalue weighted by Gasteiger charge is 2.21. The van der Waals surface area contributed by atoms with Crippen LogP contribution < -0.4 is 0 Å². The molecule has 2 N–H and O–H groups in total. The lowest BCUT2D eigenvalue weighted by Gasteiger charge is -2.17. The summed E-state index contributed by atoms with van der Waals surface area (Å²) in [6.07, 6.45) is -0.891. The fourth-order valence-electron chi connectivity index (χ4n) is 1.87. The van der Waals surface area contributed by atoms with E-state index in [9.17, 15) is 15.0 Å². The maximum absolute atomic E-state index is 11.1. The summed E-state index contributed by atoms with van der Waals surface area (Å²) in [7, 11) is 1.24. The number of aromatic nitrogens is 1. The zero-order valence-electron chi connectivity index (χ0n) is 10.5. The summed E-state index contributed by atoms with van der Waals surface area (Å²) in [6.45, 7) is 0. The third kappa shape index (κ3) is 3.07. The molecule has 2 rings (SSSR count). The van der Waals surface area contributed by atoms with Crippen LogP contribution in [0.15, 0.2) is 36.5 Å². The van der Waals surface area contributed by atoms with Crippen LogP contribution in [-0.4, -0.2) is 34.4 Å². The topological polar surface area (TPSA) is 79.7 Å². The number of nitrogens with zero attached hydrogens (tertiary/aromatic N) is 1. The molecule has 0 radical (unpaired) electrons. The molecule has 5 heteroatoms. The third-order valence-electron chi connectivity index (χ3n) is 2.94. The van der Waals surface area contributed by atoms with E-state index < -0.39 is 18.2 Å². The molecule has 1 heterocycles. The average molecular weight is 261 g/mol. The molecule has 0 fully saturated rings. The molecule has 1 aromatic heterocycles. The lowest BCUT2D eigenvalue weighted by atomic mass is 10.0. The number of hydrogen-bond donors (Lipinski definition) is 2. The van der Waals surface area contributed by atoms with Crippen LogP contribution in [0.2, 0.25) is 0 Å². The molecule has 1 aromatic carbocycles. The predicted molar refractivity (Wildman–Crippen MR) is 69.3 cm³/mol. The second-order valence-electron chi connectivity index (χ2n) is 4.25. The van der Waals surface area contributed by atoms with Gasteiger partial charge in [-0.2, -0.15) is 0 Å². The lowest BCUT2D eigenvalue weighted by Crippen LogP contribution is -2.22. The fourth-order valence-corrected chi connectivity index (χ4v) is 1.87. The van der Waals surface area contributed by atoms with Crippen LogP contribution in [0.25, 0.3) is 10.9 Å². The Morgan fingerprint density at radius 1 is 1.37 bits per heavy atom. The van der Waals surface area contributed by atoms with Gasteiger partial charge in [0.1, 0.15) is 6.10 Å². The second kappa shape index (κ2) is 5.77. The highest BCUT2D eigenvalue weighted by atomic mass is 16.5. The monoisotopic (exact) mass is 261 g/mol. The van der Waals surface area contributed by atoms with Gasteiger partial charge < -0.3 is 14.9 Å². The minimum absolute atomic E-state index is 0.247. The number of esters is 1. The summed E-state index contributed by atoms with van der Waals surface area (Å²) in [5.74, 6) is -0.561. The summed E-state index contributed by atoms with van der Waals surface area (Å²) < 4.78 is 4.46. The van der Waals surface area contributed by atoms with Crippen LogP contribution in [0, 0.1) is 0 Å². The van der Waals surface area contributed by atoms with Gasteiger partial charge in [0.15, 0.2) is 0 Å². The van der Waals surface area contributed by atoms with E-state index in [-0.39, 0.29) is 6.42 Å². The zero-order valence-corrected chi connectivity index (χ0v) is 10.5. The van der Waals surface area contributed by atoms with Gasteiger partial charge in [0.05, 0.1) is 25.2 Å². The van der Waals surface area contributed by atoms with Crippen molar-refractivity contribution in [2.24, 2.45) is 0 Å². The number of methoxy groups -OCH3 is 1. The van der Waals surface area contributed by atoms with Gasteiger partial charge in [0.2, 0.25) is 0 Å². The molecule has 0 aliphatic heterocycles. The Morgan fingerprint density at radius 3 is 2.89 bits per heavy atom. The van der Waals surface area contributed by atoms with Crippen LogP contribution in [0.4, 0.5) is 0 Å². The first-order valence-corrected chi connectivity index (χ1v) is 5.89. The first-order valence-electron chi connectivity index (χ1n) is 5.89. The molecule has 2 unspecified atom stereocenters. The minimum Gasteiger partial charge on any atom is -0.469 e. The van der Waals surface area contributed by atoms with Crippen molar-refractivity contribution in [1.29, 1.82) is 0 Å². The normalized spacial score (nSPS) is 14.1. The van der Waals surface area contributed by atoms with Crippen LogP contribution in [-0.2, 0) is 9.53 Å². The first-order chi connectivity index (χ1) is 9.11. The van der Waals surface area contributed by atoms with Crippen molar-refractivity contribution in [2.45, 2.75) is 18.6 Å². The van der Waals surface area contributed by atoms with E-state index in [1.54, 1.807) is 30.5 Å². The average Bonchev–Trinajstić information content (AvgIpc) is 2.45. The Bertz CT molecular complexity index is 584. The Hall–Kier alpha value is -1.98. The Morgan fingerprint density at radius 2 is 2.16 bits per heavy atom. The molecule has 0 amide bonds. The van der Waals surface area contributed by atoms with Gasteiger partial charge in [0, 0.05) is 11.6 Å². The number of fused-ring (bicyclic) bond motifs is 1. The van der Waals surface area contributed by atoms with Gasteiger partial charge in [-0.05, 0) is 23.8 Å². The van der Waals surface area contributed by atoms with Crippen molar-refractivity contribution in [3.05, 3.63) is 42.1 Å². The van der Waals surface area contributed by atoms with Crippen molar-refractivity contribution in [3.63, 3.8) is 0 Å². The summed E-state index contributed by atoms with van der Waals surface area (Å²) in [5, 5.41) is 20.7. The molecular weight excluding hydrogens is 246 g/mol. The minimum atomic E-state index is -1.19. The molecular formula is C14H15NO4. The Kier molecular flexibility index (Phi) is 4.09. The third-order valence-corrected chi connectivity index (χ3v) is 2.94. The van der Waals surface area contributed by atoms with Gasteiger partial charge in [0.25, 0.3) is 0 Å². The predicted octanol–water partition coefficient (Wildman–Crippen LogP) is 1.19. The number of carbonyl (C=O) groups excluding carboxylic acids is 1. The number of carbonyl (C=O) groups is 1. The highest BCUT2D eigenvalue weighted by molar-refractivity contribution is 5.79. The number of hydrogen-bond acceptors (Lipinski definition) is 5. The van der Waals surface area contributed by atoms with Crippen LogP contribution >= 0.6 is 0 Å². The SMILES string of the molecule is COC(=O)CC(O)C(O)c1ccc2ncccc2c1. The molecule has 0 aliphatic carbocycles. The molecule has 5 nitrogen and oxygen atoms in total. The number of ether oxygens (including phenoxy) is 1. The van der Waals surface area contributed by atoms with Crippen LogP contribution in [0.3, 0.4) is 0 Å². The summed E-state index contributed by atoms with van der Waals surface area (Å²) in [5.41, 5.74) is 1.35. The quantitative estimate of drug-likeness (QED) is 0.808. The molecule has 0 saturated heterocycles. The number of aliphatic hydroxyl groups is 2. The van der Waals surface area contributed by atoms with E-state index in [0.717, 1.165) is 10.9 Å². The number of pyridine rings is 1. The van der Waals surface area contributed by atoms with Gasteiger partial charge in [-0.25, -0.2) is 0 Å². The smallest absolute Gasteiger partial charge is 0.308 e. The number of aliphatic hydroxyl groups excluding tert-OH is 2. The molecule has 2 atom stereocenters. The van der Waals surface area contributed by atoms with E-state index in [1.165, 1.54) is 7.11 Å². The van der Waals surface area contributed by atoms with Crippen molar-refractivity contribution in [1.82, 2.24) is 4.98 Å². The van der Waals surface area contributed by atoms with Gasteiger partial charge in [-0.15, -0.1) is 0 Å². The Labute approximate surface area is 110 Å².